The van der Waals surface area contributed by atoms with Gasteiger partial charge in [0.05, 0.1) is 5.69 Å². The number of nitrogens with zero attached hydrogens (tertiary/aromatic N) is 2. The third-order valence-corrected chi connectivity index (χ3v) is 7.04. The van der Waals surface area contributed by atoms with Crippen LogP contribution in [-0.4, -0.2) is 41.1 Å². The molecule has 0 spiro atoms. The lowest BCUT2D eigenvalue weighted by Gasteiger charge is -2.54. The molecule has 2 fully saturated rings. The van der Waals surface area contributed by atoms with Crippen molar-refractivity contribution in [1.82, 2.24) is 15.4 Å². The molecule has 1 N–H and O–H groups in total. The van der Waals surface area contributed by atoms with Crippen LogP contribution < -0.4 is 10.1 Å². The van der Waals surface area contributed by atoms with E-state index in [0.717, 1.165) is 56.0 Å². The van der Waals surface area contributed by atoms with Gasteiger partial charge in [0.15, 0.2) is 5.76 Å². The second-order valence-electron chi connectivity index (χ2n) is 9.34. The summed E-state index contributed by atoms with van der Waals surface area (Å²) < 4.78 is 11.2. The largest absolute Gasteiger partial charge is 0.486 e. The van der Waals surface area contributed by atoms with Crippen LogP contribution in [0.15, 0.2) is 40.9 Å². The maximum atomic E-state index is 11.5. The fourth-order valence-corrected chi connectivity index (χ4v) is 4.73. The standard InChI is InChI=1S/C24H33N3O3/c1-17(28)27-11-9-19(10-12-27)25-23-14-18(24(23,2)3)13-20-15-22(30-26-20)16-29-21-7-5-4-6-8-21/h4-8,15,18-19,23,25H,9-14,16H2,1-3H3/t18-,23+/m1/s1. The molecule has 6 heteroatoms. The Morgan fingerprint density at radius 3 is 2.67 bits per heavy atom. The molecular weight excluding hydrogens is 378 g/mol. The van der Waals surface area contributed by atoms with Crippen molar-refractivity contribution in [3.8, 4) is 5.75 Å². The lowest BCUT2D eigenvalue weighted by Crippen LogP contribution is -2.61. The van der Waals surface area contributed by atoms with Crippen molar-refractivity contribution in [3.63, 3.8) is 0 Å². The fourth-order valence-electron chi connectivity index (χ4n) is 4.73. The summed E-state index contributed by atoms with van der Waals surface area (Å²) in [7, 11) is 0. The Hall–Kier alpha value is -2.34. The summed E-state index contributed by atoms with van der Waals surface area (Å²) in [5.74, 6) is 2.37. The first-order chi connectivity index (χ1) is 14.4. The molecule has 4 rings (SSSR count). The Morgan fingerprint density at radius 2 is 2.00 bits per heavy atom. The first-order valence-electron chi connectivity index (χ1n) is 11.1. The summed E-state index contributed by atoms with van der Waals surface area (Å²) in [5.41, 5.74) is 1.23. The van der Waals surface area contributed by atoms with Crippen molar-refractivity contribution >= 4 is 5.91 Å². The first-order valence-corrected chi connectivity index (χ1v) is 11.1. The molecule has 6 nitrogen and oxygen atoms in total. The van der Waals surface area contributed by atoms with Gasteiger partial charge < -0.3 is 19.5 Å². The van der Waals surface area contributed by atoms with Crippen molar-refractivity contribution in [1.29, 1.82) is 0 Å². The maximum Gasteiger partial charge on any atom is 0.219 e. The highest BCUT2D eigenvalue weighted by atomic mass is 16.5. The van der Waals surface area contributed by atoms with Gasteiger partial charge in [-0.25, -0.2) is 0 Å². The van der Waals surface area contributed by atoms with E-state index in [1.54, 1.807) is 6.92 Å². The van der Waals surface area contributed by atoms with Crippen LogP contribution in [0.3, 0.4) is 0 Å². The van der Waals surface area contributed by atoms with Gasteiger partial charge in [0.2, 0.25) is 5.91 Å². The smallest absolute Gasteiger partial charge is 0.219 e. The summed E-state index contributed by atoms with van der Waals surface area (Å²) in [6.07, 6.45) is 4.18. The minimum atomic E-state index is 0.193. The molecule has 30 heavy (non-hydrogen) atoms. The minimum absolute atomic E-state index is 0.193. The number of piperidine rings is 1. The number of benzene rings is 1. The van der Waals surface area contributed by atoms with E-state index in [0.29, 0.717) is 24.6 Å². The Kier molecular flexibility index (Phi) is 6.14. The Labute approximate surface area is 179 Å². The monoisotopic (exact) mass is 411 g/mol. The van der Waals surface area contributed by atoms with Crippen LogP contribution in [0.1, 0.15) is 51.5 Å². The molecule has 162 valence electrons. The number of amides is 1. The Balaban J connectivity index is 1.23. The number of aromatic nitrogens is 1. The van der Waals surface area contributed by atoms with Gasteiger partial charge in [0.25, 0.3) is 0 Å². The van der Waals surface area contributed by atoms with Crippen LogP contribution >= 0.6 is 0 Å². The number of nitrogens with one attached hydrogen (secondary N) is 1. The molecule has 0 unspecified atom stereocenters. The van der Waals surface area contributed by atoms with E-state index >= 15 is 0 Å². The number of carbonyl (C=O) groups is 1. The summed E-state index contributed by atoms with van der Waals surface area (Å²) in [4.78, 5) is 13.5. The number of ether oxygens (including phenoxy) is 1. The molecule has 2 heterocycles. The highest BCUT2D eigenvalue weighted by Gasteiger charge is 2.48. The van der Waals surface area contributed by atoms with Crippen molar-refractivity contribution in [2.75, 3.05) is 13.1 Å². The van der Waals surface area contributed by atoms with Crippen LogP contribution in [0.2, 0.25) is 0 Å². The molecule has 1 aromatic heterocycles. The molecule has 1 aliphatic heterocycles. The van der Waals surface area contributed by atoms with Crippen LogP contribution in [0.25, 0.3) is 0 Å². The van der Waals surface area contributed by atoms with E-state index in [1.165, 1.54) is 0 Å². The third-order valence-electron chi connectivity index (χ3n) is 7.04. The van der Waals surface area contributed by atoms with E-state index in [1.807, 2.05) is 41.3 Å². The summed E-state index contributed by atoms with van der Waals surface area (Å²) in [5, 5.41) is 8.13. The second kappa shape index (κ2) is 8.80. The normalized spacial score (nSPS) is 23.8. The number of hydrogen-bond acceptors (Lipinski definition) is 5. The molecule has 2 aliphatic rings. The van der Waals surface area contributed by atoms with Crippen LogP contribution in [0.4, 0.5) is 0 Å². The fraction of sp³-hybridized carbons (Fsp3) is 0.583. The highest BCUT2D eigenvalue weighted by molar-refractivity contribution is 5.73. The molecule has 1 aliphatic carbocycles. The molecule has 0 bridgehead atoms. The first kappa shape index (κ1) is 20.9. The van der Waals surface area contributed by atoms with Gasteiger partial charge in [-0.3, -0.25) is 4.79 Å². The van der Waals surface area contributed by atoms with E-state index in [-0.39, 0.29) is 11.3 Å². The number of likely N-dealkylation sites (tertiary alicyclic amines) is 1. The molecule has 0 radical (unpaired) electrons. The van der Waals surface area contributed by atoms with Gasteiger partial charge >= 0.3 is 0 Å². The third kappa shape index (κ3) is 4.69. The second-order valence-corrected chi connectivity index (χ2v) is 9.34. The SMILES string of the molecule is CC(=O)N1CCC(N[C@H]2C[C@@H](Cc3cc(COc4ccccc4)on3)C2(C)C)CC1. The predicted octanol–water partition coefficient (Wildman–Crippen LogP) is 3.81. The molecule has 1 amide bonds. The average molecular weight is 412 g/mol. The van der Waals surface area contributed by atoms with Crippen molar-refractivity contribution in [3.05, 3.63) is 47.9 Å². The van der Waals surface area contributed by atoms with Crippen LogP contribution in [0, 0.1) is 11.3 Å². The topological polar surface area (TPSA) is 67.6 Å². The maximum absolute atomic E-state index is 11.5. The lowest BCUT2D eigenvalue weighted by atomic mass is 9.57. The zero-order chi connectivity index (χ0) is 21.1. The molecule has 1 saturated heterocycles. The number of para-hydroxylation sites is 1. The number of hydrogen-bond donors (Lipinski definition) is 1. The average Bonchev–Trinajstić information content (AvgIpc) is 3.20. The minimum Gasteiger partial charge on any atom is -0.486 e. The van der Waals surface area contributed by atoms with E-state index in [9.17, 15) is 4.79 Å². The van der Waals surface area contributed by atoms with Gasteiger partial charge in [-0.05, 0) is 49.1 Å². The summed E-state index contributed by atoms with van der Waals surface area (Å²) >= 11 is 0. The number of carbonyl (C=O) groups excluding carboxylic acids is 1. The molecule has 2 atom stereocenters. The van der Waals surface area contributed by atoms with Gasteiger partial charge in [0, 0.05) is 38.2 Å². The zero-order valence-electron chi connectivity index (χ0n) is 18.3. The Bertz CT molecular complexity index is 840. The van der Waals surface area contributed by atoms with Crippen LogP contribution in [0.5, 0.6) is 5.75 Å². The van der Waals surface area contributed by atoms with Crippen molar-refractivity contribution < 1.29 is 14.1 Å². The van der Waals surface area contributed by atoms with Gasteiger partial charge in [-0.1, -0.05) is 37.2 Å². The Morgan fingerprint density at radius 1 is 1.27 bits per heavy atom. The van der Waals surface area contributed by atoms with Crippen molar-refractivity contribution in [2.24, 2.45) is 11.3 Å². The highest BCUT2D eigenvalue weighted by Crippen LogP contribution is 2.48. The molecule has 1 saturated carbocycles. The van der Waals surface area contributed by atoms with E-state index in [4.69, 9.17) is 9.26 Å². The van der Waals surface area contributed by atoms with Gasteiger partial charge in [0.1, 0.15) is 12.4 Å². The molecule has 2 aromatic rings. The van der Waals surface area contributed by atoms with Crippen LogP contribution in [-0.2, 0) is 17.8 Å². The summed E-state index contributed by atoms with van der Waals surface area (Å²) in [6, 6.07) is 12.8. The predicted molar refractivity (Wildman–Crippen MR) is 115 cm³/mol. The van der Waals surface area contributed by atoms with E-state index in [2.05, 4.69) is 24.3 Å². The molecule has 1 aromatic carbocycles. The van der Waals surface area contributed by atoms with E-state index < -0.39 is 0 Å². The quantitative estimate of drug-likeness (QED) is 0.750. The molecular formula is C24H33N3O3. The summed E-state index contributed by atoms with van der Waals surface area (Å²) in [6.45, 7) is 8.50. The lowest BCUT2D eigenvalue weighted by molar-refractivity contribution is -0.130. The number of rotatable bonds is 7. The van der Waals surface area contributed by atoms with Gasteiger partial charge in [-0.15, -0.1) is 0 Å². The van der Waals surface area contributed by atoms with Crippen molar-refractivity contribution in [2.45, 2.75) is 65.1 Å². The zero-order valence-corrected chi connectivity index (χ0v) is 18.3. The van der Waals surface area contributed by atoms with Gasteiger partial charge in [-0.2, -0.15) is 0 Å².